The van der Waals surface area contributed by atoms with Gasteiger partial charge in [0.25, 0.3) is 0 Å². The molecule has 0 aromatic rings. The zero-order valence-corrected chi connectivity index (χ0v) is 42.5. The Bertz CT molecular complexity index is 1320. The summed E-state index contributed by atoms with van der Waals surface area (Å²) in [5, 5.41) is 0. The summed E-state index contributed by atoms with van der Waals surface area (Å²) in [7, 11) is 0. The second-order valence-corrected chi connectivity index (χ2v) is 23.9. The Morgan fingerprint density at radius 2 is 0.600 bits per heavy atom. The SMILES string of the molecule is C=CC(=O)OC(COC1CCC(C(C)(C)C2CCCCC2)CC1)COC1CCC(C(C)(C)C2CCC(OCC(COC3CCC(C(C)(C)C4CCCCC4)CC3)OC(=O)C=C)CC2)CC1. The zero-order chi connectivity index (χ0) is 46.5. The molecule has 0 spiro atoms. The van der Waals surface area contributed by atoms with Gasteiger partial charge in [-0.05, 0) is 180 Å². The molecule has 6 aliphatic carbocycles. The third-order valence-electron chi connectivity index (χ3n) is 19.2. The predicted octanol–water partition coefficient (Wildman–Crippen LogP) is 13.7. The zero-order valence-electron chi connectivity index (χ0n) is 42.5. The molecule has 6 fully saturated rings. The summed E-state index contributed by atoms with van der Waals surface area (Å²) in [4.78, 5) is 24.7. The minimum atomic E-state index is -0.423. The van der Waals surface area contributed by atoms with Crippen molar-refractivity contribution in [3.05, 3.63) is 25.3 Å². The first-order valence-corrected chi connectivity index (χ1v) is 27.3. The topological polar surface area (TPSA) is 89.5 Å². The highest BCUT2D eigenvalue weighted by molar-refractivity contribution is 5.81. The van der Waals surface area contributed by atoms with E-state index in [1.807, 2.05) is 0 Å². The maximum atomic E-state index is 12.3. The number of rotatable bonds is 22. The summed E-state index contributed by atoms with van der Waals surface area (Å²) in [6, 6.07) is 0. The van der Waals surface area contributed by atoms with E-state index in [1.54, 1.807) is 0 Å². The molecule has 372 valence electrons. The van der Waals surface area contributed by atoms with Gasteiger partial charge >= 0.3 is 11.9 Å². The van der Waals surface area contributed by atoms with E-state index in [-0.39, 0.29) is 29.8 Å². The summed E-state index contributed by atoms with van der Waals surface area (Å²) in [5.74, 6) is 3.72. The third-order valence-corrected chi connectivity index (χ3v) is 19.2. The smallest absolute Gasteiger partial charge is 0.330 e. The average molecular weight is 909 g/mol. The van der Waals surface area contributed by atoms with Crippen LogP contribution in [0.4, 0.5) is 0 Å². The van der Waals surface area contributed by atoms with Gasteiger partial charge < -0.3 is 28.4 Å². The normalized spacial score (nSPS) is 31.4. The van der Waals surface area contributed by atoms with Crippen molar-refractivity contribution in [3.63, 3.8) is 0 Å². The van der Waals surface area contributed by atoms with Crippen LogP contribution in [-0.2, 0) is 38.0 Å². The summed E-state index contributed by atoms with van der Waals surface area (Å²) in [5.41, 5.74) is 1.04. The largest absolute Gasteiger partial charge is 0.454 e. The van der Waals surface area contributed by atoms with Crippen LogP contribution in [0.25, 0.3) is 0 Å². The summed E-state index contributed by atoms with van der Waals surface area (Å²) >= 11 is 0. The van der Waals surface area contributed by atoms with Crippen LogP contribution in [0.2, 0.25) is 0 Å². The molecule has 6 rings (SSSR count). The molecule has 0 bridgehead atoms. The van der Waals surface area contributed by atoms with Crippen LogP contribution in [0, 0.1) is 51.8 Å². The standard InChI is InChI=1S/C57H96O8/c1-9-53(58)64-51(37-60-47-29-21-43(22-30-47)55(3,4)41-17-13-11-14-18-41)39-62-49-33-25-45(26-34-49)57(7,8)46-27-35-50(36-28-46)63-40-52(65-54(59)10-2)38-61-48-31-23-44(24-32-48)56(5,6)42-19-15-12-16-20-42/h9-10,41-52H,1-2,11-40H2,3-8H3. The van der Waals surface area contributed by atoms with E-state index in [4.69, 9.17) is 28.4 Å². The Labute approximate surface area is 397 Å². The van der Waals surface area contributed by atoms with Gasteiger partial charge in [-0.15, -0.1) is 0 Å². The van der Waals surface area contributed by atoms with Crippen molar-refractivity contribution in [2.24, 2.45) is 51.8 Å². The number of hydrogen-bond acceptors (Lipinski definition) is 8. The predicted molar refractivity (Wildman–Crippen MR) is 261 cm³/mol. The van der Waals surface area contributed by atoms with E-state index in [9.17, 15) is 9.59 Å². The summed E-state index contributed by atoms with van der Waals surface area (Å²) < 4.78 is 37.4. The van der Waals surface area contributed by atoms with Gasteiger partial charge in [-0.2, -0.15) is 0 Å². The van der Waals surface area contributed by atoms with Crippen molar-refractivity contribution in [3.8, 4) is 0 Å². The van der Waals surface area contributed by atoms with Crippen molar-refractivity contribution in [1.82, 2.24) is 0 Å². The lowest BCUT2D eigenvalue weighted by Gasteiger charge is -2.46. The molecule has 0 N–H and O–H groups in total. The van der Waals surface area contributed by atoms with Gasteiger partial charge in [-0.3, -0.25) is 0 Å². The first-order chi connectivity index (χ1) is 31.2. The fourth-order valence-corrected chi connectivity index (χ4v) is 14.2. The molecule has 0 amide bonds. The molecule has 0 saturated heterocycles. The van der Waals surface area contributed by atoms with Gasteiger partial charge in [0.2, 0.25) is 0 Å². The molecular weight excluding hydrogens is 813 g/mol. The molecular formula is C57H96O8. The maximum Gasteiger partial charge on any atom is 0.330 e. The molecule has 0 heterocycles. The van der Waals surface area contributed by atoms with Gasteiger partial charge in [0.1, 0.15) is 12.2 Å². The highest BCUT2D eigenvalue weighted by Gasteiger charge is 2.43. The van der Waals surface area contributed by atoms with Crippen molar-refractivity contribution >= 4 is 11.9 Å². The Hall–Kier alpha value is -1.74. The van der Waals surface area contributed by atoms with E-state index in [0.29, 0.717) is 49.1 Å². The molecule has 65 heavy (non-hydrogen) atoms. The van der Waals surface area contributed by atoms with Crippen molar-refractivity contribution in [1.29, 1.82) is 0 Å². The van der Waals surface area contributed by atoms with E-state index >= 15 is 0 Å². The molecule has 0 radical (unpaired) electrons. The number of carbonyl (C=O) groups excluding carboxylic acids is 2. The third kappa shape index (κ3) is 15.1. The van der Waals surface area contributed by atoms with Crippen molar-refractivity contribution in [2.75, 3.05) is 26.4 Å². The van der Waals surface area contributed by atoms with Gasteiger partial charge in [-0.25, -0.2) is 9.59 Å². The van der Waals surface area contributed by atoms with Crippen molar-refractivity contribution < 1.29 is 38.0 Å². The molecule has 8 heteroatoms. The van der Waals surface area contributed by atoms with Crippen LogP contribution in [-0.4, -0.2) is 75.0 Å². The Morgan fingerprint density at radius 1 is 0.385 bits per heavy atom. The molecule has 0 aromatic carbocycles. The second-order valence-electron chi connectivity index (χ2n) is 23.9. The van der Waals surface area contributed by atoms with Crippen molar-refractivity contribution in [2.45, 2.75) is 245 Å². The molecule has 2 atom stereocenters. The molecule has 2 unspecified atom stereocenters. The number of esters is 2. The van der Waals surface area contributed by atoms with E-state index in [1.165, 1.54) is 102 Å². The Balaban J connectivity index is 0.873. The first-order valence-electron chi connectivity index (χ1n) is 27.3. The van der Waals surface area contributed by atoms with Crippen LogP contribution in [0.3, 0.4) is 0 Å². The van der Waals surface area contributed by atoms with Crippen LogP contribution in [0.5, 0.6) is 0 Å². The molecule has 6 aliphatic rings. The molecule has 0 aromatic heterocycles. The number of carbonyl (C=O) groups is 2. The minimum Gasteiger partial charge on any atom is -0.454 e. The maximum absolute atomic E-state index is 12.3. The first kappa shape index (κ1) is 52.6. The second kappa shape index (κ2) is 25.2. The molecule has 6 saturated carbocycles. The lowest BCUT2D eigenvalue weighted by atomic mass is 9.60. The summed E-state index contributed by atoms with van der Waals surface area (Å²) in [6.45, 7) is 23.8. The lowest BCUT2D eigenvalue weighted by molar-refractivity contribution is -0.155. The van der Waals surface area contributed by atoms with E-state index in [0.717, 1.165) is 101 Å². The van der Waals surface area contributed by atoms with E-state index < -0.39 is 24.1 Å². The fraction of sp³-hybridized carbons (Fsp3) is 0.895. The van der Waals surface area contributed by atoms with Crippen LogP contribution in [0.15, 0.2) is 25.3 Å². The van der Waals surface area contributed by atoms with Crippen LogP contribution >= 0.6 is 0 Å². The Morgan fingerprint density at radius 3 is 0.815 bits per heavy atom. The number of hydrogen-bond donors (Lipinski definition) is 0. The number of ether oxygens (including phenoxy) is 6. The van der Waals surface area contributed by atoms with Crippen LogP contribution in [0.1, 0.15) is 208 Å². The molecule has 0 aliphatic heterocycles. The van der Waals surface area contributed by atoms with E-state index in [2.05, 4.69) is 54.7 Å². The highest BCUT2D eigenvalue weighted by Crippen LogP contribution is 2.51. The van der Waals surface area contributed by atoms with Crippen LogP contribution < -0.4 is 0 Å². The minimum absolute atomic E-state index is 0.175. The molecule has 8 nitrogen and oxygen atoms in total. The van der Waals surface area contributed by atoms with Gasteiger partial charge in [-0.1, -0.05) is 93.2 Å². The van der Waals surface area contributed by atoms with Gasteiger partial charge in [0.05, 0.1) is 50.8 Å². The monoisotopic (exact) mass is 909 g/mol. The summed E-state index contributed by atoms with van der Waals surface area (Å²) in [6.07, 6.45) is 34.4. The fourth-order valence-electron chi connectivity index (χ4n) is 14.2. The quantitative estimate of drug-likeness (QED) is 0.0784. The highest BCUT2D eigenvalue weighted by atomic mass is 16.6. The van der Waals surface area contributed by atoms with Gasteiger partial charge in [0, 0.05) is 12.2 Å². The average Bonchev–Trinajstić information content (AvgIpc) is 3.34. The Kier molecular flexibility index (Phi) is 20.4. The van der Waals surface area contributed by atoms with Gasteiger partial charge in [0.15, 0.2) is 0 Å². The lowest BCUT2D eigenvalue weighted by Crippen LogP contribution is -2.40.